The standard InChI is InChI=1S/C17H20FN3O2.HI/c1-22-16-5-2-4-14(12-16)21-17(19)20-10-3-11-23-15-8-6-13(18)7-9-15;/h2,4-9,12H,3,10-11H2,1H3,(H3,19,20,21);1H. The predicted molar refractivity (Wildman–Crippen MR) is 105 cm³/mol. The summed E-state index contributed by atoms with van der Waals surface area (Å²) in [5, 5.41) is 3.00. The minimum Gasteiger partial charge on any atom is -0.497 e. The van der Waals surface area contributed by atoms with Gasteiger partial charge in [-0.05, 0) is 36.4 Å². The van der Waals surface area contributed by atoms with Crippen LogP contribution in [0.25, 0.3) is 0 Å². The molecule has 130 valence electrons. The van der Waals surface area contributed by atoms with Crippen molar-refractivity contribution in [1.82, 2.24) is 0 Å². The SMILES string of the molecule is COc1cccc(NC(N)=NCCCOc2ccc(F)cc2)c1.I. The van der Waals surface area contributed by atoms with Crippen molar-refractivity contribution in [1.29, 1.82) is 0 Å². The molecule has 0 amide bonds. The van der Waals surface area contributed by atoms with Gasteiger partial charge in [-0.15, -0.1) is 24.0 Å². The lowest BCUT2D eigenvalue weighted by Gasteiger charge is -2.08. The molecule has 0 aliphatic carbocycles. The summed E-state index contributed by atoms with van der Waals surface area (Å²) >= 11 is 0. The predicted octanol–water partition coefficient (Wildman–Crippen LogP) is 3.65. The van der Waals surface area contributed by atoms with Crippen LogP contribution in [0.5, 0.6) is 11.5 Å². The second-order valence-corrected chi connectivity index (χ2v) is 4.78. The van der Waals surface area contributed by atoms with Crippen LogP contribution in [0.3, 0.4) is 0 Å². The third-order valence-electron chi connectivity index (χ3n) is 3.01. The van der Waals surface area contributed by atoms with E-state index in [1.165, 1.54) is 12.1 Å². The van der Waals surface area contributed by atoms with Gasteiger partial charge in [0, 0.05) is 24.7 Å². The molecule has 2 aromatic rings. The van der Waals surface area contributed by atoms with Gasteiger partial charge in [0.25, 0.3) is 0 Å². The largest absolute Gasteiger partial charge is 0.497 e. The van der Waals surface area contributed by atoms with Crippen LogP contribution in [0, 0.1) is 5.82 Å². The van der Waals surface area contributed by atoms with E-state index < -0.39 is 0 Å². The summed E-state index contributed by atoms with van der Waals surface area (Å²) in [7, 11) is 1.61. The molecular weight excluding hydrogens is 424 g/mol. The maximum Gasteiger partial charge on any atom is 0.193 e. The van der Waals surface area contributed by atoms with Gasteiger partial charge in [0.15, 0.2) is 5.96 Å². The Morgan fingerprint density at radius 3 is 2.62 bits per heavy atom. The molecule has 0 bridgehead atoms. The smallest absolute Gasteiger partial charge is 0.193 e. The first-order chi connectivity index (χ1) is 11.2. The molecule has 7 heteroatoms. The molecule has 2 aromatic carbocycles. The van der Waals surface area contributed by atoms with Crippen LogP contribution in [0.15, 0.2) is 53.5 Å². The van der Waals surface area contributed by atoms with Crippen LogP contribution in [-0.4, -0.2) is 26.2 Å². The molecule has 0 radical (unpaired) electrons. The van der Waals surface area contributed by atoms with Gasteiger partial charge in [-0.2, -0.15) is 0 Å². The molecule has 0 fully saturated rings. The van der Waals surface area contributed by atoms with Crippen molar-refractivity contribution in [3.63, 3.8) is 0 Å². The fraction of sp³-hybridized carbons (Fsp3) is 0.235. The zero-order chi connectivity index (χ0) is 16.5. The van der Waals surface area contributed by atoms with Gasteiger partial charge in [-0.3, -0.25) is 4.99 Å². The number of nitrogens with two attached hydrogens (primary N) is 1. The monoisotopic (exact) mass is 445 g/mol. The van der Waals surface area contributed by atoms with Crippen molar-refractivity contribution in [2.75, 3.05) is 25.6 Å². The van der Waals surface area contributed by atoms with Gasteiger partial charge in [-0.1, -0.05) is 6.07 Å². The number of rotatable bonds is 7. The third-order valence-corrected chi connectivity index (χ3v) is 3.01. The van der Waals surface area contributed by atoms with E-state index in [2.05, 4.69) is 10.3 Å². The van der Waals surface area contributed by atoms with E-state index in [4.69, 9.17) is 15.2 Å². The first kappa shape index (κ1) is 20.0. The summed E-state index contributed by atoms with van der Waals surface area (Å²) in [6.45, 7) is 1.02. The Morgan fingerprint density at radius 2 is 1.92 bits per heavy atom. The van der Waals surface area contributed by atoms with E-state index in [-0.39, 0.29) is 29.8 Å². The molecule has 0 aliphatic heterocycles. The zero-order valence-electron chi connectivity index (χ0n) is 13.4. The van der Waals surface area contributed by atoms with E-state index in [0.717, 1.165) is 11.4 Å². The molecule has 2 rings (SSSR count). The molecule has 5 nitrogen and oxygen atoms in total. The molecule has 0 saturated heterocycles. The number of ether oxygens (including phenoxy) is 2. The van der Waals surface area contributed by atoms with Crippen molar-refractivity contribution in [3.8, 4) is 11.5 Å². The number of benzene rings is 2. The van der Waals surface area contributed by atoms with E-state index in [0.29, 0.717) is 31.3 Å². The first-order valence-corrected chi connectivity index (χ1v) is 7.27. The number of nitrogens with one attached hydrogen (secondary N) is 1. The van der Waals surface area contributed by atoms with E-state index >= 15 is 0 Å². The summed E-state index contributed by atoms with van der Waals surface area (Å²) in [4.78, 5) is 4.22. The van der Waals surface area contributed by atoms with Crippen molar-refractivity contribution >= 4 is 35.6 Å². The van der Waals surface area contributed by atoms with E-state index in [9.17, 15) is 4.39 Å². The number of guanidine groups is 1. The Hall–Kier alpha value is -2.03. The molecule has 0 atom stereocenters. The second kappa shape index (κ2) is 10.7. The quantitative estimate of drug-likeness (QED) is 0.296. The molecule has 0 heterocycles. The number of nitrogens with zero attached hydrogens (tertiary/aromatic N) is 1. The normalized spacial score (nSPS) is 10.7. The molecule has 0 saturated carbocycles. The van der Waals surface area contributed by atoms with Gasteiger partial charge in [0.05, 0.1) is 13.7 Å². The van der Waals surface area contributed by atoms with Gasteiger partial charge in [0.1, 0.15) is 17.3 Å². The average molecular weight is 445 g/mol. The minimum absolute atomic E-state index is 0. The van der Waals surface area contributed by atoms with Gasteiger partial charge in [-0.25, -0.2) is 4.39 Å². The Bertz CT molecular complexity index is 651. The maximum atomic E-state index is 12.7. The maximum absolute atomic E-state index is 12.7. The molecule has 3 N–H and O–H groups in total. The summed E-state index contributed by atoms with van der Waals surface area (Å²) in [5.41, 5.74) is 6.64. The highest BCUT2D eigenvalue weighted by atomic mass is 127. The Labute approximate surface area is 158 Å². The Kier molecular flexibility index (Phi) is 8.92. The van der Waals surface area contributed by atoms with Crippen LogP contribution in [0.2, 0.25) is 0 Å². The Balaban J connectivity index is 0.00000288. The first-order valence-electron chi connectivity index (χ1n) is 7.27. The lowest BCUT2D eigenvalue weighted by molar-refractivity contribution is 0.313. The molecule has 0 aromatic heterocycles. The fourth-order valence-corrected chi connectivity index (χ4v) is 1.87. The number of hydrogen-bond acceptors (Lipinski definition) is 3. The van der Waals surface area contributed by atoms with Crippen LogP contribution < -0.4 is 20.5 Å². The highest BCUT2D eigenvalue weighted by Crippen LogP contribution is 2.16. The highest BCUT2D eigenvalue weighted by molar-refractivity contribution is 14.0. The lowest BCUT2D eigenvalue weighted by Crippen LogP contribution is -2.23. The summed E-state index contributed by atoms with van der Waals surface area (Å²) in [5.74, 6) is 1.44. The number of anilines is 1. The van der Waals surface area contributed by atoms with E-state index in [1.807, 2.05) is 24.3 Å². The zero-order valence-corrected chi connectivity index (χ0v) is 15.7. The van der Waals surface area contributed by atoms with Gasteiger partial charge < -0.3 is 20.5 Å². The average Bonchev–Trinajstić information content (AvgIpc) is 2.56. The van der Waals surface area contributed by atoms with Crippen LogP contribution in [0.1, 0.15) is 6.42 Å². The number of halogens is 2. The van der Waals surface area contributed by atoms with Crippen LogP contribution in [-0.2, 0) is 0 Å². The summed E-state index contributed by atoms with van der Waals surface area (Å²) in [6, 6.07) is 13.3. The topological polar surface area (TPSA) is 68.9 Å². The van der Waals surface area contributed by atoms with Gasteiger partial charge in [0.2, 0.25) is 0 Å². The minimum atomic E-state index is -0.279. The van der Waals surface area contributed by atoms with Crippen LogP contribution >= 0.6 is 24.0 Å². The summed E-state index contributed by atoms with van der Waals surface area (Å²) in [6.07, 6.45) is 0.706. The summed E-state index contributed by atoms with van der Waals surface area (Å²) < 4.78 is 23.4. The lowest BCUT2D eigenvalue weighted by atomic mass is 10.3. The van der Waals surface area contributed by atoms with Crippen LogP contribution in [0.4, 0.5) is 10.1 Å². The van der Waals surface area contributed by atoms with Crippen molar-refractivity contribution in [2.45, 2.75) is 6.42 Å². The molecule has 0 unspecified atom stereocenters. The molecule has 24 heavy (non-hydrogen) atoms. The number of hydrogen-bond donors (Lipinski definition) is 2. The second-order valence-electron chi connectivity index (χ2n) is 4.78. The Morgan fingerprint density at radius 1 is 1.17 bits per heavy atom. The fourth-order valence-electron chi connectivity index (χ4n) is 1.87. The van der Waals surface area contributed by atoms with Gasteiger partial charge >= 0.3 is 0 Å². The third kappa shape index (κ3) is 7.03. The molecule has 0 aliphatic rings. The molecular formula is C17H21FIN3O2. The van der Waals surface area contributed by atoms with Crippen molar-refractivity contribution < 1.29 is 13.9 Å². The number of methoxy groups -OCH3 is 1. The van der Waals surface area contributed by atoms with Crippen molar-refractivity contribution in [3.05, 3.63) is 54.3 Å². The van der Waals surface area contributed by atoms with Crippen molar-refractivity contribution in [2.24, 2.45) is 10.7 Å². The molecule has 0 spiro atoms. The number of aliphatic imine (C=N–C) groups is 1. The highest BCUT2D eigenvalue weighted by Gasteiger charge is 1.98. The van der Waals surface area contributed by atoms with E-state index in [1.54, 1.807) is 19.2 Å².